The van der Waals surface area contributed by atoms with Gasteiger partial charge in [-0.2, -0.15) is 0 Å². The van der Waals surface area contributed by atoms with E-state index < -0.39 is 8.07 Å². The zero-order valence-corrected chi connectivity index (χ0v) is 21.1. The molecule has 2 aliphatic heterocycles. The molecule has 3 heteroatoms. The molecular weight excluding hydrogens is 415 g/mol. The lowest BCUT2D eigenvalue weighted by molar-refractivity contribution is 0.488. The molecule has 0 spiro atoms. The number of hydrogen-bond acceptors (Lipinski definition) is 1. The third-order valence-corrected chi connectivity index (χ3v) is 11.2. The maximum atomic E-state index is 6.59. The Morgan fingerprint density at radius 1 is 0.667 bits per heavy atom. The molecule has 6 rings (SSSR count). The highest BCUT2D eigenvalue weighted by atomic mass is 28.3. The topological polar surface area (TPSA) is 9.23 Å². The Bertz CT molecular complexity index is 1400. The van der Waals surface area contributed by atoms with E-state index in [0.29, 0.717) is 0 Å². The number of benzene rings is 4. The largest absolute Gasteiger partial charge is 0.458 e. The molecule has 0 unspecified atom stereocenters. The van der Waals surface area contributed by atoms with Gasteiger partial charge in [-0.05, 0) is 45.2 Å². The zero-order chi connectivity index (χ0) is 23.0. The Hall–Kier alpha value is -3.04. The lowest BCUT2D eigenvalue weighted by atomic mass is 9.35. The van der Waals surface area contributed by atoms with Crippen LogP contribution in [-0.2, 0) is 5.41 Å². The summed E-state index contributed by atoms with van der Waals surface area (Å²) in [6.45, 7) is 12.0. The van der Waals surface area contributed by atoms with E-state index in [4.69, 9.17) is 4.74 Å². The quantitative estimate of drug-likeness (QED) is 0.348. The molecule has 0 radical (unpaired) electrons. The van der Waals surface area contributed by atoms with Crippen molar-refractivity contribution in [2.45, 2.75) is 39.3 Å². The Labute approximate surface area is 198 Å². The van der Waals surface area contributed by atoms with Crippen molar-refractivity contribution >= 4 is 41.5 Å². The average molecular weight is 444 g/mol. The summed E-state index contributed by atoms with van der Waals surface area (Å²) in [4.78, 5) is 0. The molecule has 4 aromatic carbocycles. The standard InChI is InChI=1S/C30H29BOSi/c1-30(2,3)22-16-13-20(14-17-22)21-15-18-23-26(19-21)32-25-10-8-12-28-29(25)31(23)24-9-6-7-11-27(24)33(28,4)5/h6-19H,1-5H3. The Morgan fingerprint density at radius 3 is 2.12 bits per heavy atom. The summed E-state index contributed by atoms with van der Waals surface area (Å²) in [5.41, 5.74) is 8.07. The van der Waals surface area contributed by atoms with E-state index in [0.717, 1.165) is 11.5 Å². The van der Waals surface area contributed by atoms with Gasteiger partial charge < -0.3 is 4.74 Å². The molecule has 0 aliphatic carbocycles. The molecule has 2 heterocycles. The number of ether oxygens (including phenoxy) is 1. The minimum atomic E-state index is -1.77. The maximum Gasteiger partial charge on any atom is 0.250 e. The van der Waals surface area contributed by atoms with Crippen LogP contribution in [0.3, 0.4) is 0 Å². The van der Waals surface area contributed by atoms with E-state index in [1.165, 1.54) is 38.3 Å². The fourth-order valence-corrected chi connectivity index (χ4v) is 8.95. The lowest BCUT2D eigenvalue weighted by Crippen LogP contribution is -2.77. The van der Waals surface area contributed by atoms with E-state index in [2.05, 4.69) is 119 Å². The van der Waals surface area contributed by atoms with Crippen molar-refractivity contribution < 1.29 is 4.74 Å². The molecule has 162 valence electrons. The molecule has 4 aromatic rings. The first-order chi connectivity index (χ1) is 15.7. The monoisotopic (exact) mass is 444 g/mol. The third kappa shape index (κ3) is 3.06. The normalized spacial score (nSPS) is 15.2. The zero-order valence-electron chi connectivity index (χ0n) is 20.1. The van der Waals surface area contributed by atoms with Crippen LogP contribution >= 0.6 is 0 Å². The SMILES string of the molecule is CC(C)(C)c1ccc(-c2ccc3c(c2)Oc2cccc4c2B3c2ccccc2[Si]4(C)C)cc1. The van der Waals surface area contributed by atoms with Gasteiger partial charge in [0.2, 0.25) is 0 Å². The summed E-state index contributed by atoms with van der Waals surface area (Å²) in [6.07, 6.45) is 0. The second kappa shape index (κ2) is 6.98. The van der Waals surface area contributed by atoms with E-state index in [1.54, 1.807) is 5.19 Å². The summed E-state index contributed by atoms with van der Waals surface area (Å²) in [6, 6.07) is 31.5. The van der Waals surface area contributed by atoms with E-state index >= 15 is 0 Å². The molecule has 33 heavy (non-hydrogen) atoms. The summed E-state index contributed by atoms with van der Waals surface area (Å²) in [5.74, 6) is 2.01. The molecule has 0 N–H and O–H groups in total. The first kappa shape index (κ1) is 20.6. The van der Waals surface area contributed by atoms with Crippen molar-refractivity contribution in [1.29, 1.82) is 0 Å². The van der Waals surface area contributed by atoms with Gasteiger partial charge in [0.05, 0.1) is 0 Å². The van der Waals surface area contributed by atoms with E-state index in [1.807, 2.05) is 0 Å². The van der Waals surface area contributed by atoms with Gasteiger partial charge in [0.15, 0.2) is 0 Å². The van der Waals surface area contributed by atoms with Gasteiger partial charge in [0.25, 0.3) is 6.71 Å². The Balaban J connectivity index is 1.50. The molecule has 0 saturated heterocycles. The van der Waals surface area contributed by atoms with Crippen LogP contribution in [0.5, 0.6) is 11.5 Å². The predicted molar refractivity (Wildman–Crippen MR) is 145 cm³/mol. The molecule has 0 bridgehead atoms. The number of rotatable bonds is 1. The summed E-state index contributed by atoms with van der Waals surface area (Å²) in [7, 11) is -1.77. The van der Waals surface area contributed by atoms with Gasteiger partial charge in [0, 0.05) is 0 Å². The van der Waals surface area contributed by atoms with Crippen LogP contribution in [0, 0.1) is 0 Å². The lowest BCUT2D eigenvalue weighted by Gasteiger charge is -2.40. The molecule has 0 amide bonds. The van der Waals surface area contributed by atoms with Crippen molar-refractivity contribution in [1.82, 2.24) is 0 Å². The highest BCUT2D eigenvalue weighted by molar-refractivity contribution is 7.14. The molecular formula is C30H29BOSi. The van der Waals surface area contributed by atoms with Crippen molar-refractivity contribution in [3.05, 3.63) is 90.5 Å². The van der Waals surface area contributed by atoms with Gasteiger partial charge in [-0.25, -0.2) is 0 Å². The molecule has 0 saturated carbocycles. The Morgan fingerprint density at radius 2 is 1.36 bits per heavy atom. The van der Waals surface area contributed by atoms with Gasteiger partial charge in [-0.1, -0.05) is 122 Å². The highest BCUT2D eigenvalue weighted by Crippen LogP contribution is 2.31. The van der Waals surface area contributed by atoms with Crippen LogP contribution in [0.15, 0.2) is 84.9 Å². The summed E-state index contributed by atoms with van der Waals surface area (Å²) in [5, 5.41) is 3.06. The van der Waals surface area contributed by atoms with Crippen LogP contribution in [0.4, 0.5) is 0 Å². The molecule has 2 aliphatic rings. The number of hydrogen-bond donors (Lipinski definition) is 0. The van der Waals surface area contributed by atoms with Gasteiger partial charge in [-0.3, -0.25) is 0 Å². The molecule has 0 aromatic heterocycles. The second-order valence-electron chi connectivity index (χ2n) is 11.0. The van der Waals surface area contributed by atoms with Crippen molar-refractivity contribution in [3.63, 3.8) is 0 Å². The van der Waals surface area contributed by atoms with Crippen LogP contribution in [-0.4, -0.2) is 14.8 Å². The minimum absolute atomic E-state index is 0.157. The van der Waals surface area contributed by atoms with Crippen LogP contribution in [0.25, 0.3) is 11.1 Å². The highest BCUT2D eigenvalue weighted by Gasteiger charge is 2.45. The average Bonchev–Trinajstić information content (AvgIpc) is 2.81. The minimum Gasteiger partial charge on any atom is -0.458 e. The van der Waals surface area contributed by atoms with Crippen LogP contribution in [0.1, 0.15) is 26.3 Å². The maximum absolute atomic E-state index is 6.59. The predicted octanol–water partition coefficient (Wildman–Crippen LogP) is 4.41. The van der Waals surface area contributed by atoms with Gasteiger partial charge in [0.1, 0.15) is 19.6 Å². The second-order valence-corrected chi connectivity index (χ2v) is 15.4. The summed E-state index contributed by atoms with van der Waals surface area (Å²) < 4.78 is 6.59. The molecule has 1 nitrogen and oxygen atoms in total. The summed E-state index contributed by atoms with van der Waals surface area (Å²) >= 11 is 0. The van der Waals surface area contributed by atoms with Crippen molar-refractivity contribution in [2.75, 3.05) is 0 Å². The van der Waals surface area contributed by atoms with Gasteiger partial charge >= 0.3 is 0 Å². The fourth-order valence-electron chi connectivity index (χ4n) is 5.74. The van der Waals surface area contributed by atoms with Crippen molar-refractivity contribution in [3.8, 4) is 22.6 Å². The third-order valence-electron chi connectivity index (χ3n) is 7.60. The molecule has 0 atom stereocenters. The first-order valence-electron chi connectivity index (χ1n) is 11.9. The smallest absolute Gasteiger partial charge is 0.250 e. The first-order valence-corrected chi connectivity index (χ1v) is 14.9. The van der Waals surface area contributed by atoms with E-state index in [-0.39, 0.29) is 12.1 Å². The van der Waals surface area contributed by atoms with E-state index in [9.17, 15) is 0 Å². The fraction of sp³-hybridized carbons (Fsp3) is 0.200. The number of fused-ring (bicyclic) bond motifs is 4. The van der Waals surface area contributed by atoms with Gasteiger partial charge in [-0.15, -0.1) is 0 Å². The van der Waals surface area contributed by atoms with Crippen LogP contribution < -0.4 is 31.5 Å². The van der Waals surface area contributed by atoms with Crippen LogP contribution in [0.2, 0.25) is 13.1 Å². The molecule has 0 fully saturated rings. The van der Waals surface area contributed by atoms with Crippen molar-refractivity contribution in [2.24, 2.45) is 0 Å². The Kier molecular flexibility index (Phi) is 4.35.